The zero-order chi connectivity index (χ0) is 28.5. The van der Waals surface area contributed by atoms with E-state index in [1.165, 1.54) is 11.3 Å². The van der Waals surface area contributed by atoms with Crippen LogP contribution in [-0.4, -0.2) is 22.9 Å². The standard InChI is InChI=1S/C33H28N2O4S2/c1-20-29(32(37)38-19-22-9-5-4-6-10-22)30(23-13-15-26(40-3)16-14-23)35-31(36)28(41-33(35)34-20)18-25-17-24-11-7-8-12-27(24)39-21(25)2/h4-18,21,30H,19H2,1-3H3/b28-18-. The fraction of sp³-hybridized carbons (Fsp3) is 0.182. The lowest BCUT2D eigenvalue weighted by atomic mass is 9.96. The van der Waals surface area contributed by atoms with Gasteiger partial charge < -0.3 is 9.47 Å². The highest BCUT2D eigenvalue weighted by molar-refractivity contribution is 7.98. The van der Waals surface area contributed by atoms with Crippen LogP contribution in [0.5, 0.6) is 5.75 Å². The molecule has 3 aromatic carbocycles. The lowest BCUT2D eigenvalue weighted by Gasteiger charge is -2.25. The lowest BCUT2D eigenvalue weighted by molar-refractivity contribution is -0.140. The number of para-hydroxylation sites is 1. The summed E-state index contributed by atoms with van der Waals surface area (Å²) >= 11 is 2.95. The van der Waals surface area contributed by atoms with Crippen LogP contribution in [0.3, 0.4) is 0 Å². The second-order valence-corrected chi connectivity index (χ2v) is 11.7. The summed E-state index contributed by atoms with van der Waals surface area (Å²) in [7, 11) is 0. The van der Waals surface area contributed by atoms with Gasteiger partial charge in [-0.1, -0.05) is 72.0 Å². The summed E-state index contributed by atoms with van der Waals surface area (Å²) in [5.41, 5.74) is 4.26. The van der Waals surface area contributed by atoms with Crippen molar-refractivity contribution >= 4 is 41.2 Å². The number of hydrogen-bond acceptors (Lipinski definition) is 7. The van der Waals surface area contributed by atoms with Gasteiger partial charge in [0.05, 0.1) is 21.8 Å². The van der Waals surface area contributed by atoms with Crippen molar-refractivity contribution in [1.82, 2.24) is 4.57 Å². The van der Waals surface area contributed by atoms with Gasteiger partial charge in [0.15, 0.2) is 4.80 Å². The number of thiazole rings is 1. The van der Waals surface area contributed by atoms with Crippen molar-refractivity contribution in [2.45, 2.75) is 37.5 Å². The number of hydrogen-bond donors (Lipinski definition) is 0. The molecule has 2 aliphatic rings. The topological polar surface area (TPSA) is 69.9 Å². The van der Waals surface area contributed by atoms with Crippen molar-refractivity contribution in [3.05, 3.63) is 132 Å². The predicted molar refractivity (Wildman–Crippen MR) is 164 cm³/mol. The van der Waals surface area contributed by atoms with Gasteiger partial charge in [0, 0.05) is 10.5 Å². The van der Waals surface area contributed by atoms with E-state index >= 15 is 0 Å². The van der Waals surface area contributed by atoms with E-state index in [9.17, 15) is 9.59 Å². The highest BCUT2D eigenvalue weighted by atomic mass is 32.2. The number of nitrogens with zero attached hydrogens (tertiary/aromatic N) is 2. The van der Waals surface area contributed by atoms with Gasteiger partial charge in [-0.05, 0) is 67.2 Å². The first-order valence-corrected chi connectivity index (χ1v) is 15.3. The molecule has 0 bridgehead atoms. The van der Waals surface area contributed by atoms with Crippen LogP contribution in [0.1, 0.15) is 36.6 Å². The summed E-state index contributed by atoms with van der Waals surface area (Å²) in [5, 5.41) is 0. The molecule has 0 radical (unpaired) electrons. The van der Waals surface area contributed by atoms with Crippen LogP contribution < -0.4 is 19.6 Å². The smallest absolute Gasteiger partial charge is 0.338 e. The summed E-state index contributed by atoms with van der Waals surface area (Å²) in [4.78, 5) is 34.0. The lowest BCUT2D eigenvalue weighted by Crippen LogP contribution is -2.40. The van der Waals surface area contributed by atoms with Gasteiger partial charge in [-0.3, -0.25) is 9.36 Å². The number of esters is 1. The molecule has 0 saturated heterocycles. The van der Waals surface area contributed by atoms with Crippen LogP contribution in [0.2, 0.25) is 0 Å². The zero-order valence-electron chi connectivity index (χ0n) is 22.9. The fourth-order valence-corrected chi connectivity index (χ4v) is 6.51. The van der Waals surface area contributed by atoms with Crippen LogP contribution in [-0.2, 0) is 16.1 Å². The van der Waals surface area contributed by atoms with E-state index in [1.54, 1.807) is 23.3 Å². The highest BCUT2D eigenvalue weighted by Crippen LogP contribution is 2.33. The molecule has 6 rings (SSSR count). The molecule has 2 unspecified atom stereocenters. The van der Waals surface area contributed by atoms with Crippen molar-refractivity contribution in [2.24, 2.45) is 4.99 Å². The van der Waals surface area contributed by atoms with Gasteiger partial charge in [0.1, 0.15) is 18.5 Å². The van der Waals surface area contributed by atoms with E-state index in [1.807, 2.05) is 98.1 Å². The molecule has 0 aliphatic carbocycles. The maximum atomic E-state index is 14.0. The van der Waals surface area contributed by atoms with E-state index in [0.29, 0.717) is 20.6 Å². The highest BCUT2D eigenvalue weighted by Gasteiger charge is 2.33. The number of aromatic nitrogens is 1. The second-order valence-electron chi connectivity index (χ2n) is 9.86. The van der Waals surface area contributed by atoms with E-state index < -0.39 is 12.0 Å². The molecule has 206 valence electrons. The Balaban J connectivity index is 1.45. The molecule has 0 spiro atoms. The van der Waals surface area contributed by atoms with E-state index in [-0.39, 0.29) is 18.3 Å². The van der Waals surface area contributed by atoms with Gasteiger partial charge in [-0.2, -0.15) is 0 Å². The van der Waals surface area contributed by atoms with Crippen LogP contribution in [0.15, 0.2) is 110 Å². The Bertz CT molecular complexity index is 1870. The Labute approximate surface area is 246 Å². The number of ether oxygens (including phenoxy) is 2. The second kappa shape index (κ2) is 11.4. The van der Waals surface area contributed by atoms with Crippen molar-refractivity contribution in [2.75, 3.05) is 6.26 Å². The maximum Gasteiger partial charge on any atom is 0.338 e. The molecule has 0 amide bonds. The first kappa shape index (κ1) is 27.1. The monoisotopic (exact) mass is 580 g/mol. The van der Waals surface area contributed by atoms with Gasteiger partial charge in [-0.15, -0.1) is 11.8 Å². The molecule has 6 nitrogen and oxygen atoms in total. The molecule has 0 fully saturated rings. The summed E-state index contributed by atoms with van der Waals surface area (Å²) in [6.07, 6.45) is 5.73. The van der Waals surface area contributed by atoms with E-state index in [0.717, 1.165) is 32.9 Å². The maximum absolute atomic E-state index is 14.0. The Morgan fingerprint density at radius 1 is 1.07 bits per heavy atom. The third-order valence-corrected chi connectivity index (χ3v) is 8.92. The van der Waals surface area contributed by atoms with Gasteiger partial charge in [-0.25, -0.2) is 9.79 Å². The molecule has 0 N–H and O–H groups in total. The average Bonchev–Trinajstić information content (AvgIpc) is 3.30. The summed E-state index contributed by atoms with van der Waals surface area (Å²) in [6, 6.07) is 24.6. The number of fused-ring (bicyclic) bond motifs is 2. The number of thioether (sulfide) groups is 1. The van der Waals surface area contributed by atoms with Crippen molar-refractivity contribution in [1.29, 1.82) is 0 Å². The molecule has 0 saturated carbocycles. The third-order valence-electron chi connectivity index (χ3n) is 7.20. The number of carbonyl (C=O) groups is 1. The van der Waals surface area contributed by atoms with Crippen molar-refractivity contribution in [3.8, 4) is 5.75 Å². The first-order chi connectivity index (χ1) is 19.9. The SMILES string of the molecule is CSc1ccc(C2C(C(=O)OCc3ccccc3)=C(C)N=c3s/c(=C\C4=Cc5ccccc5OC4C)c(=O)n32)cc1. The minimum atomic E-state index is -0.665. The van der Waals surface area contributed by atoms with Crippen molar-refractivity contribution in [3.63, 3.8) is 0 Å². The van der Waals surface area contributed by atoms with E-state index in [2.05, 4.69) is 6.08 Å². The van der Waals surface area contributed by atoms with Crippen LogP contribution in [0, 0.1) is 0 Å². The average molecular weight is 581 g/mol. The van der Waals surface area contributed by atoms with Crippen molar-refractivity contribution < 1.29 is 14.3 Å². The molecule has 2 atom stereocenters. The number of allylic oxidation sites excluding steroid dienone is 1. The zero-order valence-corrected chi connectivity index (χ0v) is 24.5. The Hall–Kier alpha value is -4.14. The molecule has 4 aromatic rings. The molecule has 3 heterocycles. The van der Waals surface area contributed by atoms with Gasteiger partial charge in [0.25, 0.3) is 5.56 Å². The minimum absolute atomic E-state index is 0.131. The predicted octanol–water partition coefficient (Wildman–Crippen LogP) is 5.52. The Morgan fingerprint density at radius 2 is 1.80 bits per heavy atom. The van der Waals surface area contributed by atoms with Crippen LogP contribution in [0.4, 0.5) is 0 Å². The Kier molecular flexibility index (Phi) is 7.51. The quantitative estimate of drug-likeness (QED) is 0.222. The molecule has 1 aromatic heterocycles. The summed E-state index contributed by atoms with van der Waals surface area (Å²) in [6.45, 7) is 3.90. The van der Waals surface area contributed by atoms with E-state index in [4.69, 9.17) is 14.5 Å². The van der Waals surface area contributed by atoms with Crippen LogP contribution >= 0.6 is 23.1 Å². The number of benzene rings is 3. The summed E-state index contributed by atoms with van der Waals surface area (Å²) < 4.78 is 14.0. The largest absolute Gasteiger partial charge is 0.485 e. The number of carbonyl (C=O) groups excluding carboxylic acids is 1. The number of rotatable bonds is 6. The molecular formula is C33H28N2O4S2. The van der Waals surface area contributed by atoms with Gasteiger partial charge in [0.2, 0.25) is 0 Å². The fourth-order valence-electron chi connectivity index (χ4n) is 5.06. The minimum Gasteiger partial charge on any atom is -0.485 e. The summed E-state index contributed by atoms with van der Waals surface area (Å²) in [5.74, 6) is 0.332. The first-order valence-electron chi connectivity index (χ1n) is 13.3. The van der Waals surface area contributed by atoms with Gasteiger partial charge >= 0.3 is 5.97 Å². The Morgan fingerprint density at radius 3 is 2.56 bits per heavy atom. The third kappa shape index (κ3) is 5.33. The normalized spacial score (nSPS) is 18.1. The molecule has 2 aliphatic heterocycles. The molecule has 41 heavy (non-hydrogen) atoms. The molecular weight excluding hydrogens is 553 g/mol. The van der Waals surface area contributed by atoms with Crippen LogP contribution in [0.25, 0.3) is 12.2 Å². The molecule has 8 heteroatoms.